The molecule has 0 aliphatic heterocycles. The van der Waals surface area contributed by atoms with Crippen LogP contribution in [0.2, 0.25) is 0 Å². The molecule has 0 aliphatic rings. The number of amides is 3. The van der Waals surface area contributed by atoms with E-state index in [1.54, 1.807) is 6.92 Å². The maximum atomic E-state index is 12.1. The van der Waals surface area contributed by atoms with Gasteiger partial charge in [0.25, 0.3) is 0 Å². The van der Waals surface area contributed by atoms with Gasteiger partial charge in [0.2, 0.25) is 5.91 Å². The highest BCUT2D eigenvalue weighted by atomic mass is 16.2. The van der Waals surface area contributed by atoms with Crippen molar-refractivity contribution in [3.8, 4) is 0 Å². The van der Waals surface area contributed by atoms with E-state index in [0.29, 0.717) is 19.0 Å². The number of urea groups is 1. The summed E-state index contributed by atoms with van der Waals surface area (Å²) >= 11 is 0. The summed E-state index contributed by atoms with van der Waals surface area (Å²) in [6.07, 6.45) is 0. The molecule has 0 saturated carbocycles. The lowest BCUT2D eigenvalue weighted by Crippen LogP contribution is -2.48. The second-order valence-electron chi connectivity index (χ2n) is 6.11. The van der Waals surface area contributed by atoms with E-state index in [9.17, 15) is 9.59 Å². The van der Waals surface area contributed by atoms with Gasteiger partial charge in [-0.25, -0.2) is 4.79 Å². The van der Waals surface area contributed by atoms with Crippen LogP contribution in [0.3, 0.4) is 0 Å². The van der Waals surface area contributed by atoms with Gasteiger partial charge in [0.05, 0.1) is 6.04 Å². The van der Waals surface area contributed by atoms with Crippen LogP contribution in [0.25, 0.3) is 0 Å². The fraction of sp³-hybridized carbons (Fsp3) is 0.529. The van der Waals surface area contributed by atoms with Gasteiger partial charge in [-0.15, -0.1) is 0 Å². The minimum Gasteiger partial charge on any atom is -0.338 e. The number of nitrogens with zero attached hydrogens (tertiary/aromatic N) is 1. The Balaban J connectivity index is 2.52. The smallest absolute Gasteiger partial charge is 0.321 e. The van der Waals surface area contributed by atoms with Crippen molar-refractivity contribution in [3.63, 3.8) is 0 Å². The van der Waals surface area contributed by atoms with Gasteiger partial charge in [0, 0.05) is 13.1 Å². The van der Waals surface area contributed by atoms with Crippen molar-refractivity contribution in [1.82, 2.24) is 15.5 Å². The third-order valence-electron chi connectivity index (χ3n) is 3.63. The summed E-state index contributed by atoms with van der Waals surface area (Å²) < 4.78 is 0. The summed E-state index contributed by atoms with van der Waals surface area (Å²) in [6, 6.07) is 7.26. The Labute approximate surface area is 133 Å². The number of carbonyl (C=O) groups excluding carboxylic acids is 2. The van der Waals surface area contributed by atoms with Gasteiger partial charge in [-0.1, -0.05) is 38.1 Å². The fourth-order valence-corrected chi connectivity index (χ4v) is 1.95. The molecule has 22 heavy (non-hydrogen) atoms. The highest BCUT2D eigenvalue weighted by molar-refractivity contribution is 5.96. The summed E-state index contributed by atoms with van der Waals surface area (Å²) in [6.45, 7) is 9.05. The zero-order chi connectivity index (χ0) is 16.7. The molecular formula is C17H27N3O2. The Kier molecular flexibility index (Phi) is 7.05. The van der Waals surface area contributed by atoms with E-state index in [2.05, 4.69) is 10.6 Å². The quantitative estimate of drug-likeness (QED) is 0.848. The molecule has 1 rings (SSSR count). The van der Waals surface area contributed by atoms with Crippen LogP contribution < -0.4 is 10.6 Å². The normalized spacial score (nSPS) is 12.3. The summed E-state index contributed by atoms with van der Waals surface area (Å²) in [5.74, 6) is 0.0549. The third-order valence-corrected chi connectivity index (χ3v) is 3.63. The lowest BCUT2D eigenvalue weighted by Gasteiger charge is -2.24. The Hall–Kier alpha value is -1.88. The van der Waals surface area contributed by atoms with Crippen LogP contribution in [0.15, 0.2) is 24.3 Å². The van der Waals surface area contributed by atoms with Crippen LogP contribution in [0.4, 0.5) is 4.79 Å². The van der Waals surface area contributed by atoms with Crippen LogP contribution in [-0.2, 0) is 11.3 Å². The van der Waals surface area contributed by atoms with Crippen molar-refractivity contribution in [2.75, 3.05) is 13.6 Å². The van der Waals surface area contributed by atoms with Crippen molar-refractivity contribution < 1.29 is 9.59 Å². The van der Waals surface area contributed by atoms with E-state index in [1.807, 2.05) is 57.0 Å². The lowest BCUT2D eigenvalue weighted by atomic mass is 10.1. The zero-order valence-corrected chi connectivity index (χ0v) is 14.1. The zero-order valence-electron chi connectivity index (χ0n) is 14.1. The average molecular weight is 305 g/mol. The molecule has 1 aromatic carbocycles. The van der Waals surface area contributed by atoms with Crippen molar-refractivity contribution in [2.24, 2.45) is 5.92 Å². The Morgan fingerprint density at radius 1 is 1.18 bits per heavy atom. The fourth-order valence-electron chi connectivity index (χ4n) is 1.95. The number of carbonyl (C=O) groups is 2. The molecular weight excluding hydrogens is 278 g/mol. The molecule has 0 heterocycles. The summed E-state index contributed by atoms with van der Waals surface area (Å²) in [5.41, 5.74) is 2.37. The summed E-state index contributed by atoms with van der Waals surface area (Å²) in [7, 11) is 1.88. The van der Waals surface area contributed by atoms with E-state index in [-0.39, 0.29) is 11.9 Å². The number of nitrogens with one attached hydrogen (secondary N) is 2. The highest BCUT2D eigenvalue weighted by Gasteiger charge is 2.20. The Morgan fingerprint density at radius 3 is 2.41 bits per heavy atom. The monoisotopic (exact) mass is 305 g/mol. The van der Waals surface area contributed by atoms with Gasteiger partial charge in [0.15, 0.2) is 0 Å². The molecule has 5 nitrogen and oxygen atoms in total. The number of imide groups is 1. The average Bonchev–Trinajstić information content (AvgIpc) is 2.46. The van der Waals surface area contributed by atoms with Crippen molar-refractivity contribution in [3.05, 3.63) is 35.4 Å². The van der Waals surface area contributed by atoms with Crippen LogP contribution in [0.5, 0.6) is 0 Å². The molecule has 0 spiro atoms. The maximum Gasteiger partial charge on any atom is 0.321 e. The van der Waals surface area contributed by atoms with Crippen molar-refractivity contribution >= 4 is 11.9 Å². The van der Waals surface area contributed by atoms with E-state index >= 15 is 0 Å². The standard InChI is InChI=1S/C17H27N3O2/c1-12(2)10-18-17(22)19-16(21)14(4)20(5)11-15-9-7-6-8-13(15)3/h6-9,12,14H,10-11H2,1-5H3,(H2,18,19,21,22)/t14-/m0/s1. The molecule has 2 N–H and O–H groups in total. The molecule has 0 bridgehead atoms. The molecule has 0 radical (unpaired) electrons. The molecule has 0 unspecified atom stereocenters. The summed E-state index contributed by atoms with van der Waals surface area (Å²) in [5, 5.41) is 5.06. The number of rotatable bonds is 6. The molecule has 1 atom stereocenters. The maximum absolute atomic E-state index is 12.1. The van der Waals surface area contributed by atoms with E-state index in [4.69, 9.17) is 0 Å². The molecule has 0 aliphatic carbocycles. The lowest BCUT2D eigenvalue weighted by molar-refractivity contribution is -0.124. The van der Waals surface area contributed by atoms with Gasteiger partial charge in [-0.05, 0) is 37.9 Å². The van der Waals surface area contributed by atoms with Gasteiger partial charge >= 0.3 is 6.03 Å². The summed E-state index contributed by atoms with van der Waals surface area (Å²) in [4.78, 5) is 25.7. The number of hydrogen-bond donors (Lipinski definition) is 2. The van der Waals surface area contributed by atoms with Crippen molar-refractivity contribution in [2.45, 2.75) is 40.3 Å². The second kappa shape index (κ2) is 8.54. The first-order chi connectivity index (χ1) is 10.3. The van der Waals surface area contributed by atoms with E-state index in [1.165, 1.54) is 11.1 Å². The van der Waals surface area contributed by atoms with E-state index < -0.39 is 6.03 Å². The van der Waals surface area contributed by atoms with Crippen LogP contribution in [0.1, 0.15) is 31.9 Å². The number of benzene rings is 1. The van der Waals surface area contributed by atoms with Gasteiger partial charge in [-0.3, -0.25) is 15.0 Å². The minimum absolute atomic E-state index is 0.294. The first-order valence-corrected chi connectivity index (χ1v) is 7.64. The van der Waals surface area contributed by atoms with Crippen LogP contribution >= 0.6 is 0 Å². The van der Waals surface area contributed by atoms with Crippen molar-refractivity contribution in [1.29, 1.82) is 0 Å². The molecule has 1 aromatic rings. The Morgan fingerprint density at radius 2 is 1.82 bits per heavy atom. The predicted octanol–water partition coefficient (Wildman–Crippen LogP) is 2.30. The van der Waals surface area contributed by atoms with E-state index in [0.717, 1.165) is 0 Å². The number of aryl methyl sites for hydroxylation is 1. The molecule has 0 aromatic heterocycles. The largest absolute Gasteiger partial charge is 0.338 e. The van der Waals surface area contributed by atoms with Gasteiger partial charge in [-0.2, -0.15) is 0 Å². The minimum atomic E-state index is -0.435. The van der Waals surface area contributed by atoms with Crippen LogP contribution in [0, 0.1) is 12.8 Å². The highest BCUT2D eigenvalue weighted by Crippen LogP contribution is 2.11. The first kappa shape index (κ1) is 18.2. The Bertz CT molecular complexity index is 514. The third kappa shape index (κ3) is 5.85. The number of hydrogen-bond acceptors (Lipinski definition) is 3. The molecule has 0 saturated heterocycles. The molecule has 122 valence electrons. The van der Waals surface area contributed by atoms with Gasteiger partial charge in [0.1, 0.15) is 0 Å². The SMILES string of the molecule is Cc1ccccc1CN(C)[C@@H](C)C(=O)NC(=O)NCC(C)C. The molecule has 3 amide bonds. The molecule has 0 fully saturated rings. The molecule has 5 heteroatoms. The number of likely N-dealkylation sites (N-methyl/N-ethyl adjacent to an activating group) is 1. The first-order valence-electron chi connectivity index (χ1n) is 7.64. The van der Waals surface area contributed by atoms with Gasteiger partial charge < -0.3 is 5.32 Å². The predicted molar refractivity (Wildman–Crippen MR) is 88.5 cm³/mol. The second-order valence-corrected chi connectivity index (χ2v) is 6.11. The topological polar surface area (TPSA) is 61.4 Å². The van der Waals surface area contributed by atoms with Crippen LogP contribution in [-0.4, -0.2) is 36.5 Å².